The van der Waals surface area contributed by atoms with Crippen LogP contribution in [0.15, 0.2) is 16.6 Å². The first kappa shape index (κ1) is 17.6. The summed E-state index contributed by atoms with van der Waals surface area (Å²) >= 11 is 3.37. The number of hydrogen-bond acceptors (Lipinski definition) is 3. The maximum absolute atomic E-state index is 9.93. The zero-order valence-electron chi connectivity index (χ0n) is 11.8. The average molecular weight is 365 g/mol. The lowest BCUT2D eigenvalue weighted by Gasteiger charge is -2.28. The van der Waals surface area contributed by atoms with Crippen LogP contribution in [0.2, 0.25) is 0 Å². The molecule has 1 aromatic rings. The van der Waals surface area contributed by atoms with E-state index in [9.17, 15) is 5.11 Å². The first-order valence-corrected chi connectivity index (χ1v) is 7.83. The number of aromatic hydroxyl groups is 1. The Bertz CT molecular complexity index is 436. The van der Waals surface area contributed by atoms with Gasteiger partial charge in [-0.2, -0.15) is 0 Å². The molecule has 0 aliphatic heterocycles. The highest BCUT2D eigenvalue weighted by Crippen LogP contribution is 2.40. The van der Waals surface area contributed by atoms with Crippen LogP contribution in [0.3, 0.4) is 0 Å². The van der Waals surface area contributed by atoms with Gasteiger partial charge in [-0.3, -0.25) is 0 Å². The Morgan fingerprint density at radius 1 is 1.35 bits per heavy atom. The topological polar surface area (TPSA) is 55.5 Å². The maximum atomic E-state index is 9.93. The molecule has 0 amide bonds. The fraction of sp³-hybridized carbons (Fsp3) is 0.600. The standard InChI is InChI=1S/C15H22BrNO2.ClH/c1-2-19-13-9-11(8-12(16)15(13)18)14(17)10-6-4-3-5-7-10;/h8-10,14,18H,2-7,17H2,1H3;1H/t14-;/m1./s1. The van der Waals surface area contributed by atoms with Gasteiger partial charge in [-0.25, -0.2) is 0 Å². The van der Waals surface area contributed by atoms with Crippen molar-refractivity contribution in [3.05, 3.63) is 22.2 Å². The SMILES string of the molecule is CCOc1cc([C@H](N)C2CCCCC2)cc(Br)c1O.Cl. The molecule has 1 aliphatic carbocycles. The summed E-state index contributed by atoms with van der Waals surface area (Å²) in [6.07, 6.45) is 6.27. The molecule has 0 unspecified atom stereocenters. The number of nitrogens with two attached hydrogens (primary N) is 1. The summed E-state index contributed by atoms with van der Waals surface area (Å²) < 4.78 is 6.11. The van der Waals surface area contributed by atoms with Gasteiger partial charge >= 0.3 is 0 Å². The number of halogens is 2. The van der Waals surface area contributed by atoms with Gasteiger partial charge in [0.25, 0.3) is 0 Å². The summed E-state index contributed by atoms with van der Waals surface area (Å²) in [6, 6.07) is 3.82. The summed E-state index contributed by atoms with van der Waals surface area (Å²) in [5.41, 5.74) is 7.44. The third-order valence-electron chi connectivity index (χ3n) is 3.89. The number of ether oxygens (including phenoxy) is 1. The van der Waals surface area contributed by atoms with Crippen LogP contribution in [0.4, 0.5) is 0 Å². The van der Waals surface area contributed by atoms with Crippen LogP contribution in [0.25, 0.3) is 0 Å². The Labute approximate surface area is 135 Å². The van der Waals surface area contributed by atoms with Gasteiger partial charge in [0.05, 0.1) is 11.1 Å². The second-order valence-electron chi connectivity index (χ2n) is 5.21. The summed E-state index contributed by atoms with van der Waals surface area (Å²) in [6.45, 7) is 2.43. The van der Waals surface area contributed by atoms with E-state index < -0.39 is 0 Å². The Kier molecular flexibility index (Phi) is 7.13. The monoisotopic (exact) mass is 363 g/mol. The van der Waals surface area contributed by atoms with Gasteiger partial charge in [0, 0.05) is 6.04 Å². The molecule has 1 fully saturated rings. The second kappa shape index (κ2) is 8.11. The first-order valence-electron chi connectivity index (χ1n) is 7.04. The van der Waals surface area contributed by atoms with Crippen molar-refractivity contribution >= 4 is 28.3 Å². The van der Waals surface area contributed by atoms with Crippen LogP contribution in [0.5, 0.6) is 11.5 Å². The van der Waals surface area contributed by atoms with Crippen LogP contribution in [-0.2, 0) is 0 Å². The van der Waals surface area contributed by atoms with E-state index in [2.05, 4.69) is 15.9 Å². The summed E-state index contributed by atoms with van der Waals surface area (Å²) in [5, 5.41) is 9.93. The molecule has 114 valence electrons. The molecule has 1 aliphatic rings. The highest BCUT2D eigenvalue weighted by atomic mass is 79.9. The minimum atomic E-state index is 0. The van der Waals surface area contributed by atoms with Crippen molar-refractivity contribution in [3.8, 4) is 11.5 Å². The molecule has 1 saturated carbocycles. The molecule has 1 aromatic carbocycles. The van der Waals surface area contributed by atoms with Crippen LogP contribution in [-0.4, -0.2) is 11.7 Å². The van der Waals surface area contributed by atoms with Crippen LogP contribution >= 0.6 is 28.3 Å². The maximum Gasteiger partial charge on any atom is 0.172 e. The van der Waals surface area contributed by atoms with Crippen molar-refractivity contribution in [1.29, 1.82) is 0 Å². The zero-order chi connectivity index (χ0) is 13.8. The highest BCUT2D eigenvalue weighted by molar-refractivity contribution is 9.10. The van der Waals surface area contributed by atoms with Crippen molar-refractivity contribution in [2.45, 2.75) is 45.1 Å². The van der Waals surface area contributed by atoms with E-state index in [4.69, 9.17) is 10.5 Å². The van der Waals surface area contributed by atoms with Crippen molar-refractivity contribution in [3.63, 3.8) is 0 Å². The van der Waals surface area contributed by atoms with Gasteiger partial charge in [-0.15, -0.1) is 12.4 Å². The fourth-order valence-electron chi connectivity index (χ4n) is 2.82. The van der Waals surface area contributed by atoms with E-state index in [-0.39, 0.29) is 24.2 Å². The molecule has 0 aromatic heterocycles. The lowest BCUT2D eigenvalue weighted by molar-refractivity contribution is 0.302. The van der Waals surface area contributed by atoms with Crippen molar-refractivity contribution < 1.29 is 9.84 Å². The number of rotatable bonds is 4. The molecular formula is C15H23BrClNO2. The lowest BCUT2D eigenvalue weighted by Crippen LogP contribution is -2.23. The minimum Gasteiger partial charge on any atom is -0.503 e. The van der Waals surface area contributed by atoms with Crippen molar-refractivity contribution in [1.82, 2.24) is 0 Å². The third-order valence-corrected chi connectivity index (χ3v) is 4.50. The molecule has 3 nitrogen and oxygen atoms in total. The quantitative estimate of drug-likeness (QED) is 0.823. The molecular weight excluding hydrogens is 342 g/mol. The molecule has 20 heavy (non-hydrogen) atoms. The molecule has 1 atom stereocenters. The highest BCUT2D eigenvalue weighted by Gasteiger charge is 2.23. The molecule has 0 radical (unpaired) electrons. The normalized spacial score (nSPS) is 17.4. The third kappa shape index (κ3) is 4.03. The predicted molar refractivity (Wildman–Crippen MR) is 87.7 cm³/mol. The van der Waals surface area contributed by atoms with Crippen molar-refractivity contribution in [2.75, 3.05) is 6.61 Å². The second-order valence-corrected chi connectivity index (χ2v) is 6.06. The number of phenolic OH excluding ortho intramolecular Hbond substituents is 1. The summed E-state index contributed by atoms with van der Waals surface area (Å²) in [5.74, 6) is 1.21. The molecule has 5 heteroatoms. The predicted octanol–water partition coefficient (Wildman–Crippen LogP) is 4.56. The molecule has 0 bridgehead atoms. The van der Waals surface area contributed by atoms with E-state index in [0.29, 0.717) is 22.7 Å². The van der Waals surface area contributed by atoms with Gasteiger partial charge in [0.15, 0.2) is 11.5 Å². The van der Waals surface area contributed by atoms with Crippen molar-refractivity contribution in [2.24, 2.45) is 11.7 Å². The smallest absolute Gasteiger partial charge is 0.172 e. The largest absolute Gasteiger partial charge is 0.503 e. The Morgan fingerprint density at radius 2 is 2.00 bits per heavy atom. The number of phenols is 1. The van der Waals surface area contributed by atoms with Gasteiger partial charge < -0.3 is 15.6 Å². The van der Waals surface area contributed by atoms with Gasteiger partial charge in [0.1, 0.15) is 0 Å². The van der Waals surface area contributed by atoms with Gasteiger partial charge in [-0.05, 0) is 59.3 Å². The van der Waals surface area contributed by atoms with Gasteiger partial charge in [-0.1, -0.05) is 19.3 Å². The minimum absolute atomic E-state index is 0. The number of hydrogen-bond donors (Lipinski definition) is 2. The summed E-state index contributed by atoms with van der Waals surface area (Å²) in [7, 11) is 0. The van der Waals surface area contributed by atoms with E-state index >= 15 is 0 Å². The lowest BCUT2D eigenvalue weighted by atomic mass is 9.81. The Balaban J connectivity index is 0.00000200. The molecule has 0 spiro atoms. The Morgan fingerprint density at radius 3 is 2.60 bits per heavy atom. The van der Waals surface area contributed by atoms with Crippen LogP contribution in [0, 0.1) is 5.92 Å². The van der Waals surface area contributed by atoms with E-state index in [1.165, 1.54) is 32.1 Å². The fourth-order valence-corrected chi connectivity index (χ4v) is 3.28. The molecule has 2 rings (SSSR count). The average Bonchev–Trinajstić information content (AvgIpc) is 2.44. The summed E-state index contributed by atoms with van der Waals surface area (Å²) in [4.78, 5) is 0. The van der Waals surface area contributed by atoms with E-state index in [1.54, 1.807) is 0 Å². The zero-order valence-corrected chi connectivity index (χ0v) is 14.2. The van der Waals surface area contributed by atoms with E-state index in [1.807, 2.05) is 19.1 Å². The molecule has 0 heterocycles. The van der Waals surface area contributed by atoms with Gasteiger partial charge in [0.2, 0.25) is 0 Å². The van der Waals surface area contributed by atoms with Crippen LogP contribution < -0.4 is 10.5 Å². The first-order chi connectivity index (χ1) is 9.13. The molecule has 3 N–H and O–H groups in total. The van der Waals surface area contributed by atoms with Crippen LogP contribution in [0.1, 0.15) is 50.6 Å². The Hall–Kier alpha value is -0.450. The number of benzene rings is 1. The molecule has 0 saturated heterocycles. The van der Waals surface area contributed by atoms with E-state index in [0.717, 1.165) is 5.56 Å².